The highest BCUT2D eigenvalue weighted by Gasteiger charge is 2.45. The largest absolute Gasteiger partial charge is 0.345 e. The third-order valence-corrected chi connectivity index (χ3v) is 3.41. The molecule has 1 aromatic carbocycles. The maximum absolute atomic E-state index is 11.8. The number of hydrogen-bond acceptors (Lipinski definition) is 2. The molecule has 0 saturated heterocycles. The first-order chi connectivity index (χ1) is 9.05. The molecular weight excluding hydrogens is 266 g/mol. The Bertz CT molecular complexity index is 483. The first-order valence-electron chi connectivity index (χ1n) is 6.08. The fraction of sp³-hybridized carbons (Fsp3) is 0.385. The zero-order chi connectivity index (χ0) is 13.9. The van der Waals surface area contributed by atoms with Crippen molar-refractivity contribution in [1.29, 1.82) is 0 Å². The van der Waals surface area contributed by atoms with Crippen molar-refractivity contribution in [2.24, 2.45) is 0 Å². The third-order valence-electron chi connectivity index (χ3n) is 3.16. The van der Waals surface area contributed by atoms with Crippen LogP contribution in [0.2, 0.25) is 5.02 Å². The molecule has 102 valence electrons. The second-order valence-corrected chi connectivity index (χ2v) is 5.01. The number of urea groups is 1. The van der Waals surface area contributed by atoms with Gasteiger partial charge in [0.15, 0.2) is 0 Å². The van der Waals surface area contributed by atoms with Crippen molar-refractivity contribution in [3.05, 3.63) is 34.9 Å². The van der Waals surface area contributed by atoms with Crippen molar-refractivity contribution in [1.82, 2.24) is 16.0 Å². The number of carbonyl (C=O) groups excluding carboxylic acids is 2. The molecule has 6 heteroatoms. The van der Waals surface area contributed by atoms with Crippen molar-refractivity contribution in [3.8, 4) is 0 Å². The molecule has 0 radical (unpaired) electrons. The Labute approximate surface area is 116 Å². The van der Waals surface area contributed by atoms with Gasteiger partial charge in [0.25, 0.3) is 0 Å². The van der Waals surface area contributed by atoms with E-state index in [9.17, 15) is 9.59 Å². The van der Waals surface area contributed by atoms with Gasteiger partial charge in [-0.15, -0.1) is 0 Å². The molecule has 3 N–H and O–H groups in total. The van der Waals surface area contributed by atoms with Crippen molar-refractivity contribution in [2.45, 2.75) is 18.4 Å². The highest BCUT2D eigenvalue weighted by Crippen LogP contribution is 2.45. The Kier molecular flexibility index (Phi) is 3.95. The van der Waals surface area contributed by atoms with E-state index in [1.807, 2.05) is 24.3 Å². The van der Waals surface area contributed by atoms with Gasteiger partial charge in [0.05, 0.1) is 12.1 Å². The maximum Gasteiger partial charge on any atom is 0.314 e. The van der Waals surface area contributed by atoms with Gasteiger partial charge in [0.1, 0.15) is 0 Å². The first-order valence-corrected chi connectivity index (χ1v) is 6.46. The van der Waals surface area contributed by atoms with E-state index in [0.717, 1.165) is 18.4 Å². The summed E-state index contributed by atoms with van der Waals surface area (Å²) in [5.41, 5.74) is 0.761. The van der Waals surface area contributed by atoms with Crippen LogP contribution < -0.4 is 16.0 Å². The van der Waals surface area contributed by atoms with E-state index in [1.165, 1.54) is 7.05 Å². The molecule has 0 unspecified atom stereocenters. The Morgan fingerprint density at radius 1 is 1.26 bits per heavy atom. The van der Waals surface area contributed by atoms with Crippen LogP contribution in [0.1, 0.15) is 18.4 Å². The van der Waals surface area contributed by atoms with Gasteiger partial charge in [-0.25, -0.2) is 4.79 Å². The molecule has 0 aromatic heterocycles. The summed E-state index contributed by atoms with van der Waals surface area (Å²) in [5, 5.41) is 8.48. The van der Waals surface area contributed by atoms with Gasteiger partial charge >= 0.3 is 6.03 Å². The molecular formula is C13H16ClN3O2. The van der Waals surface area contributed by atoms with Crippen LogP contribution >= 0.6 is 11.6 Å². The number of hydrogen-bond donors (Lipinski definition) is 3. The Morgan fingerprint density at radius 3 is 2.42 bits per heavy atom. The summed E-state index contributed by atoms with van der Waals surface area (Å²) in [7, 11) is 1.50. The van der Waals surface area contributed by atoms with Crippen LogP contribution in [-0.4, -0.2) is 25.5 Å². The predicted molar refractivity (Wildman–Crippen MR) is 73.0 cm³/mol. The smallest absolute Gasteiger partial charge is 0.314 e. The maximum atomic E-state index is 11.8. The van der Waals surface area contributed by atoms with Gasteiger partial charge in [-0.3, -0.25) is 4.79 Å². The third kappa shape index (κ3) is 3.38. The molecule has 0 bridgehead atoms. The SMILES string of the molecule is CNC(=O)NCC(=O)NC1(c2ccc(Cl)cc2)CC1. The molecule has 0 atom stereocenters. The first kappa shape index (κ1) is 13.7. The number of carbonyl (C=O) groups is 2. The van der Waals surface area contributed by atoms with Crippen LogP contribution in [0.3, 0.4) is 0 Å². The highest BCUT2D eigenvalue weighted by molar-refractivity contribution is 6.30. The summed E-state index contributed by atoms with van der Waals surface area (Å²) in [6, 6.07) is 7.09. The van der Waals surface area contributed by atoms with Crippen LogP contribution in [0.25, 0.3) is 0 Å². The van der Waals surface area contributed by atoms with Crippen LogP contribution in [0.15, 0.2) is 24.3 Å². The zero-order valence-electron chi connectivity index (χ0n) is 10.6. The van der Waals surface area contributed by atoms with Crippen LogP contribution in [-0.2, 0) is 10.3 Å². The molecule has 1 aliphatic rings. The number of nitrogens with one attached hydrogen (secondary N) is 3. The summed E-state index contributed by atoms with van der Waals surface area (Å²) in [6.07, 6.45) is 1.81. The fourth-order valence-electron chi connectivity index (χ4n) is 1.94. The highest BCUT2D eigenvalue weighted by atomic mass is 35.5. The van der Waals surface area contributed by atoms with Crippen molar-refractivity contribution < 1.29 is 9.59 Å². The number of amides is 3. The Hall–Kier alpha value is -1.75. The van der Waals surface area contributed by atoms with Gasteiger partial charge in [-0.1, -0.05) is 23.7 Å². The zero-order valence-corrected chi connectivity index (χ0v) is 11.4. The lowest BCUT2D eigenvalue weighted by atomic mass is 10.1. The molecule has 0 spiro atoms. The van der Waals surface area contributed by atoms with Gasteiger partial charge in [-0.2, -0.15) is 0 Å². The quantitative estimate of drug-likeness (QED) is 0.780. The van der Waals surface area contributed by atoms with E-state index in [1.54, 1.807) is 0 Å². The van der Waals surface area contributed by atoms with Gasteiger partial charge in [0, 0.05) is 12.1 Å². The lowest BCUT2D eigenvalue weighted by Gasteiger charge is -2.18. The normalized spacial score (nSPS) is 15.5. The standard InChI is InChI=1S/C13H16ClN3O2/c1-15-12(19)16-8-11(18)17-13(6-7-13)9-2-4-10(14)5-3-9/h2-5H,6-8H2,1H3,(H,17,18)(H2,15,16,19). The number of rotatable bonds is 4. The molecule has 0 heterocycles. The molecule has 5 nitrogen and oxygen atoms in total. The monoisotopic (exact) mass is 281 g/mol. The topological polar surface area (TPSA) is 70.2 Å². The van der Waals surface area contributed by atoms with E-state index in [0.29, 0.717) is 5.02 Å². The summed E-state index contributed by atoms with van der Waals surface area (Å²) >= 11 is 5.85. The summed E-state index contributed by atoms with van der Waals surface area (Å²) in [6.45, 7) is -0.0327. The Balaban J connectivity index is 1.93. The number of benzene rings is 1. The molecule has 1 aromatic rings. The van der Waals surface area contributed by atoms with E-state index in [2.05, 4.69) is 16.0 Å². The van der Waals surface area contributed by atoms with E-state index < -0.39 is 0 Å². The molecule has 1 fully saturated rings. The summed E-state index contributed by atoms with van der Waals surface area (Å²) in [4.78, 5) is 22.8. The van der Waals surface area contributed by atoms with Crippen molar-refractivity contribution in [3.63, 3.8) is 0 Å². The molecule has 3 amide bonds. The lowest BCUT2D eigenvalue weighted by molar-refractivity contribution is -0.121. The van der Waals surface area contributed by atoms with E-state index in [-0.39, 0.29) is 24.0 Å². The molecule has 1 saturated carbocycles. The summed E-state index contributed by atoms with van der Waals surface area (Å²) in [5.74, 6) is -0.198. The van der Waals surface area contributed by atoms with E-state index in [4.69, 9.17) is 11.6 Å². The van der Waals surface area contributed by atoms with Gasteiger partial charge in [-0.05, 0) is 30.5 Å². The lowest BCUT2D eigenvalue weighted by Crippen LogP contribution is -2.44. The van der Waals surface area contributed by atoms with Crippen molar-refractivity contribution >= 4 is 23.5 Å². The van der Waals surface area contributed by atoms with Gasteiger partial charge < -0.3 is 16.0 Å². The van der Waals surface area contributed by atoms with Crippen LogP contribution in [0.4, 0.5) is 4.79 Å². The molecule has 0 aliphatic heterocycles. The van der Waals surface area contributed by atoms with Crippen molar-refractivity contribution in [2.75, 3.05) is 13.6 Å². The fourth-order valence-corrected chi connectivity index (χ4v) is 2.07. The average molecular weight is 282 g/mol. The minimum absolute atomic E-state index is 0.0327. The van der Waals surface area contributed by atoms with E-state index >= 15 is 0 Å². The van der Waals surface area contributed by atoms with Gasteiger partial charge in [0.2, 0.25) is 5.91 Å². The number of halogens is 1. The second-order valence-electron chi connectivity index (χ2n) is 4.57. The van der Waals surface area contributed by atoms with Crippen LogP contribution in [0.5, 0.6) is 0 Å². The predicted octanol–water partition coefficient (Wildman–Crippen LogP) is 1.37. The minimum Gasteiger partial charge on any atom is -0.345 e. The van der Waals surface area contributed by atoms with Crippen LogP contribution in [0, 0.1) is 0 Å². The summed E-state index contributed by atoms with van der Waals surface area (Å²) < 4.78 is 0. The molecule has 2 rings (SSSR count). The Morgan fingerprint density at radius 2 is 1.89 bits per heavy atom. The molecule has 1 aliphatic carbocycles. The average Bonchev–Trinajstić information content (AvgIpc) is 3.17. The minimum atomic E-state index is -0.369. The molecule has 19 heavy (non-hydrogen) atoms. The second kappa shape index (κ2) is 5.48.